The number of nitrogens with two attached hydrogens (primary N) is 1. The molecule has 88 valence electrons. The average molecular weight is 230 g/mol. The summed E-state index contributed by atoms with van der Waals surface area (Å²) in [5.74, 6) is -0.0704. The van der Waals surface area contributed by atoms with Crippen LogP contribution in [0.15, 0.2) is 18.2 Å². The summed E-state index contributed by atoms with van der Waals surface area (Å²) >= 11 is 0. The molecule has 0 atom stereocenters. The molecule has 2 N–H and O–H groups in total. The fourth-order valence-electron chi connectivity index (χ4n) is 1.98. The largest absolute Gasteiger partial charge is 0.465 e. The van der Waals surface area contributed by atoms with Crippen molar-refractivity contribution in [3.8, 4) is 0 Å². The number of anilines is 1. The normalized spacial score (nSPS) is 10.5. The summed E-state index contributed by atoms with van der Waals surface area (Å²) in [5, 5.41) is 0.781. The molecule has 0 saturated carbocycles. The van der Waals surface area contributed by atoms with Gasteiger partial charge in [-0.05, 0) is 31.5 Å². The maximum atomic E-state index is 11.7. The summed E-state index contributed by atoms with van der Waals surface area (Å²) in [6.07, 6.45) is 0. The van der Waals surface area contributed by atoms with Crippen LogP contribution in [0.4, 0.5) is 5.82 Å². The number of nitrogen functional groups attached to an aromatic ring is 1. The van der Waals surface area contributed by atoms with Crippen molar-refractivity contribution in [2.24, 2.45) is 0 Å². The number of carbonyl (C=O) groups excluding carboxylic acids is 1. The van der Waals surface area contributed by atoms with E-state index in [1.165, 1.54) is 7.11 Å². The van der Waals surface area contributed by atoms with E-state index in [0.29, 0.717) is 11.4 Å². The summed E-state index contributed by atoms with van der Waals surface area (Å²) in [5.41, 5.74) is 8.98. The number of aromatic nitrogens is 1. The van der Waals surface area contributed by atoms with Crippen molar-refractivity contribution in [3.05, 3.63) is 34.9 Å². The molecular formula is C13H14N2O2. The first-order valence-corrected chi connectivity index (χ1v) is 5.28. The predicted molar refractivity (Wildman–Crippen MR) is 67.0 cm³/mol. The molecule has 0 radical (unpaired) electrons. The molecule has 17 heavy (non-hydrogen) atoms. The van der Waals surface area contributed by atoms with Crippen LogP contribution in [0, 0.1) is 13.8 Å². The van der Waals surface area contributed by atoms with Crippen molar-refractivity contribution in [1.82, 2.24) is 4.98 Å². The van der Waals surface area contributed by atoms with Crippen molar-refractivity contribution >= 4 is 22.7 Å². The fraction of sp³-hybridized carbons (Fsp3) is 0.231. The van der Waals surface area contributed by atoms with Gasteiger partial charge in [-0.1, -0.05) is 11.6 Å². The van der Waals surface area contributed by atoms with Gasteiger partial charge in [0.05, 0.1) is 18.2 Å². The van der Waals surface area contributed by atoms with E-state index >= 15 is 0 Å². The summed E-state index contributed by atoms with van der Waals surface area (Å²) in [4.78, 5) is 16.0. The van der Waals surface area contributed by atoms with Crippen LogP contribution in [0.3, 0.4) is 0 Å². The maximum absolute atomic E-state index is 11.7. The Morgan fingerprint density at radius 1 is 1.29 bits per heavy atom. The fourth-order valence-corrected chi connectivity index (χ4v) is 1.98. The summed E-state index contributed by atoms with van der Waals surface area (Å²) in [7, 11) is 1.35. The van der Waals surface area contributed by atoms with Gasteiger partial charge >= 0.3 is 5.97 Å². The van der Waals surface area contributed by atoms with E-state index < -0.39 is 5.97 Å². The minimum absolute atomic E-state index is 0.324. The number of ether oxygens (including phenoxy) is 1. The molecule has 0 saturated heterocycles. The van der Waals surface area contributed by atoms with Crippen LogP contribution in [0.2, 0.25) is 0 Å². The Morgan fingerprint density at radius 3 is 2.65 bits per heavy atom. The van der Waals surface area contributed by atoms with Crippen LogP contribution >= 0.6 is 0 Å². The van der Waals surface area contributed by atoms with Gasteiger partial charge in [-0.15, -0.1) is 0 Å². The van der Waals surface area contributed by atoms with Gasteiger partial charge in [-0.2, -0.15) is 0 Å². The highest BCUT2D eigenvalue weighted by Gasteiger charge is 2.14. The number of fused-ring (bicyclic) bond motifs is 1. The number of hydrogen-bond acceptors (Lipinski definition) is 4. The van der Waals surface area contributed by atoms with Crippen molar-refractivity contribution in [2.75, 3.05) is 12.8 Å². The Kier molecular flexibility index (Phi) is 2.71. The molecule has 0 aliphatic carbocycles. The maximum Gasteiger partial charge on any atom is 0.338 e. The third-order valence-corrected chi connectivity index (χ3v) is 2.67. The van der Waals surface area contributed by atoms with Crippen molar-refractivity contribution in [1.29, 1.82) is 0 Å². The molecule has 0 aliphatic heterocycles. The Morgan fingerprint density at radius 2 is 2.00 bits per heavy atom. The smallest absolute Gasteiger partial charge is 0.338 e. The number of methoxy groups -OCH3 is 1. The Balaban J connectivity index is 2.87. The molecule has 2 aromatic rings. The predicted octanol–water partition coefficient (Wildman–Crippen LogP) is 2.22. The molecule has 0 amide bonds. The van der Waals surface area contributed by atoms with Gasteiger partial charge < -0.3 is 10.5 Å². The minimum Gasteiger partial charge on any atom is -0.465 e. The number of nitrogens with zero attached hydrogens (tertiary/aromatic N) is 1. The molecule has 4 heteroatoms. The van der Waals surface area contributed by atoms with Gasteiger partial charge in [0, 0.05) is 5.39 Å². The van der Waals surface area contributed by atoms with Crippen molar-refractivity contribution in [2.45, 2.75) is 13.8 Å². The lowest BCUT2D eigenvalue weighted by Crippen LogP contribution is -2.05. The zero-order chi connectivity index (χ0) is 12.6. The molecule has 2 rings (SSSR count). The van der Waals surface area contributed by atoms with Gasteiger partial charge in [0.15, 0.2) is 0 Å². The molecule has 0 aliphatic rings. The van der Waals surface area contributed by atoms with Gasteiger partial charge in [0.2, 0.25) is 0 Å². The second-order valence-electron chi connectivity index (χ2n) is 4.06. The van der Waals surface area contributed by atoms with Gasteiger partial charge in [-0.25, -0.2) is 9.78 Å². The van der Waals surface area contributed by atoms with Gasteiger partial charge in [-0.3, -0.25) is 0 Å². The topological polar surface area (TPSA) is 65.2 Å². The number of esters is 1. The van der Waals surface area contributed by atoms with Crippen LogP contribution in [-0.2, 0) is 4.74 Å². The van der Waals surface area contributed by atoms with E-state index in [-0.39, 0.29) is 0 Å². The Labute approximate surface area is 99.4 Å². The van der Waals surface area contributed by atoms with Crippen LogP contribution in [0.1, 0.15) is 21.5 Å². The molecule has 0 bridgehead atoms. The lowest BCUT2D eigenvalue weighted by atomic mass is 10.0. The number of aryl methyl sites for hydroxylation is 2. The minimum atomic E-state index is -0.394. The van der Waals surface area contributed by atoms with E-state index in [1.807, 2.05) is 26.0 Å². The molecule has 1 heterocycles. The van der Waals surface area contributed by atoms with E-state index in [2.05, 4.69) is 4.98 Å². The zero-order valence-corrected chi connectivity index (χ0v) is 10.1. The highest BCUT2D eigenvalue weighted by Crippen LogP contribution is 2.24. The number of carbonyl (C=O) groups is 1. The van der Waals surface area contributed by atoms with Gasteiger partial charge in [0.25, 0.3) is 0 Å². The van der Waals surface area contributed by atoms with E-state index in [1.54, 1.807) is 6.07 Å². The molecular weight excluding hydrogens is 216 g/mol. The van der Waals surface area contributed by atoms with Gasteiger partial charge in [0.1, 0.15) is 5.82 Å². The first-order valence-electron chi connectivity index (χ1n) is 5.28. The second kappa shape index (κ2) is 4.05. The first kappa shape index (κ1) is 11.4. The first-order chi connectivity index (χ1) is 8.02. The standard InChI is InChI=1S/C13H14N2O2/c1-7-4-8(2)12-9(5-7)10(13(16)17-3)6-11(14)15-12/h4-6H,1-3H3,(H2,14,15). The molecule has 4 nitrogen and oxygen atoms in total. The third kappa shape index (κ3) is 1.93. The zero-order valence-electron chi connectivity index (χ0n) is 10.1. The van der Waals surface area contributed by atoms with Crippen molar-refractivity contribution < 1.29 is 9.53 Å². The van der Waals surface area contributed by atoms with Crippen LogP contribution in [-0.4, -0.2) is 18.1 Å². The van der Waals surface area contributed by atoms with Crippen LogP contribution in [0.5, 0.6) is 0 Å². The van der Waals surface area contributed by atoms with Crippen LogP contribution in [0.25, 0.3) is 10.9 Å². The molecule has 0 unspecified atom stereocenters. The molecule has 0 fully saturated rings. The summed E-state index contributed by atoms with van der Waals surface area (Å²) < 4.78 is 4.76. The van der Waals surface area contributed by atoms with E-state index in [0.717, 1.165) is 22.0 Å². The van der Waals surface area contributed by atoms with E-state index in [4.69, 9.17) is 10.5 Å². The lowest BCUT2D eigenvalue weighted by Gasteiger charge is -2.09. The number of hydrogen-bond donors (Lipinski definition) is 1. The quantitative estimate of drug-likeness (QED) is 0.763. The highest BCUT2D eigenvalue weighted by atomic mass is 16.5. The molecule has 1 aromatic heterocycles. The number of benzene rings is 1. The van der Waals surface area contributed by atoms with Crippen LogP contribution < -0.4 is 5.73 Å². The summed E-state index contributed by atoms with van der Waals surface area (Å²) in [6.45, 7) is 3.92. The van der Waals surface area contributed by atoms with E-state index in [9.17, 15) is 4.79 Å². The SMILES string of the molecule is COC(=O)c1cc(N)nc2c(C)cc(C)cc12. The molecule has 0 spiro atoms. The monoisotopic (exact) mass is 230 g/mol. The average Bonchev–Trinajstić information content (AvgIpc) is 2.28. The number of rotatable bonds is 1. The lowest BCUT2D eigenvalue weighted by molar-refractivity contribution is 0.0603. The summed E-state index contributed by atoms with van der Waals surface area (Å²) in [6, 6.07) is 5.48. The Hall–Kier alpha value is -2.10. The second-order valence-corrected chi connectivity index (χ2v) is 4.06. The molecule has 1 aromatic carbocycles. The van der Waals surface area contributed by atoms with Crippen molar-refractivity contribution in [3.63, 3.8) is 0 Å². The Bertz CT molecular complexity index is 606. The third-order valence-electron chi connectivity index (χ3n) is 2.67. The highest BCUT2D eigenvalue weighted by molar-refractivity contribution is 6.05. The number of pyridine rings is 1.